The van der Waals surface area contributed by atoms with E-state index in [0.717, 1.165) is 99.6 Å². The summed E-state index contributed by atoms with van der Waals surface area (Å²) in [6.45, 7) is 0. The highest BCUT2D eigenvalue weighted by atomic mass is 32.2. The second kappa shape index (κ2) is 15.8. The highest BCUT2D eigenvalue weighted by Gasteiger charge is 2.60. The van der Waals surface area contributed by atoms with Gasteiger partial charge in [-0.1, -0.05) is 83.5 Å². The van der Waals surface area contributed by atoms with E-state index in [0.29, 0.717) is 12.2 Å². The van der Waals surface area contributed by atoms with Crippen molar-refractivity contribution in [2.75, 3.05) is 0 Å². The van der Waals surface area contributed by atoms with Crippen LogP contribution in [0.5, 0.6) is 0 Å². The zero-order chi connectivity index (χ0) is 34.9. The van der Waals surface area contributed by atoms with Gasteiger partial charge in [-0.15, -0.1) is 0 Å². The van der Waals surface area contributed by atoms with Crippen molar-refractivity contribution < 1.29 is 4.74 Å². The van der Waals surface area contributed by atoms with Crippen molar-refractivity contribution in [1.29, 1.82) is 0 Å². The van der Waals surface area contributed by atoms with Gasteiger partial charge in [0.15, 0.2) is 0 Å². The van der Waals surface area contributed by atoms with Gasteiger partial charge in [0.2, 0.25) is 0 Å². The minimum absolute atomic E-state index is 0.615. The van der Waals surface area contributed by atoms with Crippen LogP contribution >= 0.6 is 11.8 Å². The lowest BCUT2D eigenvalue weighted by molar-refractivity contribution is -0.0277. The predicted octanol–water partition coefficient (Wildman–Crippen LogP) is 13.3. The highest BCUT2D eigenvalue weighted by Crippen LogP contribution is 2.63. The molecular weight excluding hydrogens is 663 g/mol. The van der Waals surface area contributed by atoms with Crippen molar-refractivity contribution in [2.24, 2.45) is 71.0 Å². The first kappa shape index (κ1) is 36.4. The summed E-state index contributed by atoms with van der Waals surface area (Å²) < 4.78 is 6.96. The summed E-state index contributed by atoms with van der Waals surface area (Å²) >= 11 is 2.62. The SMILES string of the molecule is C1CCC2C(C1)CCCC2C1CCC(N(C2CCC(C3CCCC4CCCCC43)CC2)C2CCCC3C4CCC5OC6CCCCC6C5C4SC32)CC1. The number of nitrogens with zero attached hydrogens (tertiary/aromatic N) is 1. The van der Waals surface area contributed by atoms with Gasteiger partial charge < -0.3 is 4.74 Å². The van der Waals surface area contributed by atoms with E-state index in [2.05, 4.69) is 16.7 Å². The lowest BCUT2D eigenvalue weighted by Crippen LogP contribution is -2.57. The molecule has 15 atom stereocenters. The molecule has 11 fully saturated rings. The Morgan fingerprint density at radius 2 is 0.774 bits per heavy atom. The third-order valence-corrected chi connectivity index (χ3v) is 22.5. The lowest BCUT2D eigenvalue weighted by atomic mass is 9.59. The predicted molar refractivity (Wildman–Crippen MR) is 222 cm³/mol. The molecule has 2 saturated heterocycles. The Bertz CT molecular complexity index is 1160. The highest BCUT2D eigenvalue weighted by molar-refractivity contribution is 8.00. The van der Waals surface area contributed by atoms with Gasteiger partial charge in [-0.2, -0.15) is 11.8 Å². The minimum Gasteiger partial charge on any atom is -0.374 e. The average molecular weight is 744 g/mol. The molecule has 298 valence electrons. The molecule has 0 spiro atoms. The molecule has 0 bridgehead atoms. The Morgan fingerprint density at radius 1 is 0.321 bits per heavy atom. The zero-order valence-electron chi connectivity index (χ0n) is 34.2. The molecule has 15 unspecified atom stereocenters. The molecule has 0 aromatic carbocycles. The molecule has 9 aliphatic carbocycles. The molecule has 9 saturated carbocycles. The maximum absolute atomic E-state index is 6.96. The van der Waals surface area contributed by atoms with Gasteiger partial charge in [-0.05, 0) is 181 Å². The molecule has 3 heteroatoms. The Kier molecular flexibility index (Phi) is 10.8. The van der Waals surface area contributed by atoms with Gasteiger partial charge in [0.1, 0.15) is 0 Å². The van der Waals surface area contributed by atoms with Crippen LogP contribution in [0.1, 0.15) is 199 Å². The molecular formula is C50H81NOS. The number of hydrogen-bond donors (Lipinski definition) is 0. The van der Waals surface area contributed by atoms with E-state index in [4.69, 9.17) is 4.74 Å². The van der Waals surface area contributed by atoms with Crippen molar-refractivity contribution in [3.05, 3.63) is 0 Å². The fraction of sp³-hybridized carbons (Fsp3) is 1.00. The van der Waals surface area contributed by atoms with Crippen LogP contribution in [-0.4, -0.2) is 45.7 Å². The summed E-state index contributed by atoms with van der Waals surface area (Å²) in [5, 5.41) is 1.86. The molecule has 0 radical (unpaired) electrons. The number of rotatable bonds is 5. The minimum atomic E-state index is 0.615. The fourth-order valence-electron chi connectivity index (χ4n) is 18.5. The molecule has 53 heavy (non-hydrogen) atoms. The number of hydrogen-bond acceptors (Lipinski definition) is 3. The van der Waals surface area contributed by atoms with Crippen LogP contribution in [0.25, 0.3) is 0 Å². The van der Waals surface area contributed by atoms with Gasteiger partial charge >= 0.3 is 0 Å². The first-order chi connectivity index (χ1) is 26.3. The Balaban J connectivity index is 0.830. The summed E-state index contributed by atoms with van der Waals surface area (Å²) in [7, 11) is 0. The summed E-state index contributed by atoms with van der Waals surface area (Å²) in [6, 6.07) is 2.67. The summed E-state index contributed by atoms with van der Waals surface area (Å²) in [5.41, 5.74) is 0. The molecule has 2 nitrogen and oxygen atoms in total. The summed E-state index contributed by atoms with van der Waals surface area (Å²) in [5.74, 6) is 12.6. The van der Waals surface area contributed by atoms with Gasteiger partial charge in [0, 0.05) is 34.5 Å². The smallest absolute Gasteiger partial charge is 0.0621 e. The normalized spacial score (nSPS) is 54.2. The second-order valence-electron chi connectivity index (χ2n) is 22.4. The number of fused-ring (bicyclic) bond motifs is 9. The van der Waals surface area contributed by atoms with Crippen molar-refractivity contribution >= 4 is 11.8 Å². The summed E-state index contributed by atoms with van der Waals surface area (Å²) in [6.07, 6.45) is 49.0. The van der Waals surface area contributed by atoms with Crippen LogP contribution in [0.3, 0.4) is 0 Å². The zero-order valence-corrected chi connectivity index (χ0v) is 35.0. The second-order valence-corrected chi connectivity index (χ2v) is 23.8. The van der Waals surface area contributed by atoms with Crippen LogP contribution < -0.4 is 0 Å². The molecule has 0 aromatic heterocycles. The molecule has 11 aliphatic rings. The third-order valence-electron chi connectivity index (χ3n) is 20.5. The van der Waals surface area contributed by atoms with Crippen LogP contribution in [0.4, 0.5) is 0 Å². The van der Waals surface area contributed by atoms with E-state index in [1.165, 1.54) is 51.4 Å². The Labute approximate surface area is 331 Å². The molecule has 11 rings (SSSR count). The van der Waals surface area contributed by atoms with Gasteiger partial charge in [0.25, 0.3) is 0 Å². The topological polar surface area (TPSA) is 12.5 Å². The van der Waals surface area contributed by atoms with Crippen molar-refractivity contribution in [3.63, 3.8) is 0 Å². The van der Waals surface area contributed by atoms with Crippen LogP contribution in [0, 0.1) is 71.0 Å². The lowest BCUT2D eigenvalue weighted by Gasteiger charge is -2.54. The third kappa shape index (κ3) is 6.71. The maximum atomic E-state index is 6.96. The number of ether oxygens (including phenoxy) is 1. The molecule has 0 N–H and O–H groups in total. The van der Waals surface area contributed by atoms with Crippen molar-refractivity contribution in [3.8, 4) is 0 Å². The van der Waals surface area contributed by atoms with Crippen LogP contribution in [0.2, 0.25) is 0 Å². The Hall–Kier alpha value is 0.270. The molecule has 0 aromatic rings. The van der Waals surface area contributed by atoms with E-state index in [1.807, 2.05) is 0 Å². The monoisotopic (exact) mass is 744 g/mol. The van der Waals surface area contributed by atoms with Crippen LogP contribution in [0.15, 0.2) is 0 Å². The van der Waals surface area contributed by atoms with E-state index in [-0.39, 0.29) is 0 Å². The average Bonchev–Trinajstić information content (AvgIpc) is 3.80. The van der Waals surface area contributed by atoms with E-state index < -0.39 is 0 Å². The van der Waals surface area contributed by atoms with E-state index >= 15 is 0 Å². The van der Waals surface area contributed by atoms with E-state index in [1.54, 1.807) is 148 Å². The number of thioether (sulfide) groups is 1. The van der Waals surface area contributed by atoms with Gasteiger partial charge in [-0.25, -0.2) is 0 Å². The standard InChI is InChI=1S/C50H81NOS/c1-3-14-38-32(10-1)12-7-17-40(38)34-22-26-36(27-23-34)51(37-28-24-35(25-29-37)41-18-8-13-33-11-2-4-15-39(33)41)45-20-9-19-42-43-30-31-47-48(50(43)53-49(42)45)44-16-5-6-21-46(44)52-47/h32-50H,1-31H2. The van der Waals surface area contributed by atoms with Gasteiger partial charge in [0.05, 0.1) is 12.2 Å². The first-order valence-electron chi connectivity index (χ1n) is 25.4. The van der Waals surface area contributed by atoms with Crippen LogP contribution in [-0.2, 0) is 4.74 Å². The van der Waals surface area contributed by atoms with E-state index in [9.17, 15) is 0 Å². The maximum Gasteiger partial charge on any atom is 0.0621 e. The molecule has 2 heterocycles. The largest absolute Gasteiger partial charge is 0.374 e. The first-order valence-corrected chi connectivity index (χ1v) is 26.3. The quantitative estimate of drug-likeness (QED) is 0.278. The summed E-state index contributed by atoms with van der Waals surface area (Å²) in [4.78, 5) is 3.45. The van der Waals surface area contributed by atoms with Crippen molar-refractivity contribution in [2.45, 2.75) is 240 Å². The van der Waals surface area contributed by atoms with Gasteiger partial charge in [-0.3, -0.25) is 4.90 Å². The van der Waals surface area contributed by atoms with Crippen molar-refractivity contribution in [1.82, 2.24) is 4.90 Å². The molecule has 2 aliphatic heterocycles. The fourth-order valence-corrected chi connectivity index (χ4v) is 20.9. The Morgan fingerprint density at radius 3 is 1.40 bits per heavy atom. The molecule has 0 amide bonds.